The van der Waals surface area contributed by atoms with Crippen LogP contribution in [0.3, 0.4) is 0 Å². The van der Waals surface area contributed by atoms with Crippen LogP contribution in [-0.4, -0.2) is 12.5 Å². The molecule has 1 heterocycles. The molecule has 0 radical (unpaired) electrons. The molecule has 0 saturated heterocycles. The monoisotopic (exact) mass is 511 g/mol. The van der Waals surface area contributed by atoms with Crippen LogP contribution in [0.2, 0.25) is 10.0 Å². The van der Waals surface area contributed by atoms with Crippen molar-refractivity contribution in [3.63, 3.8) is 0 Å². The summed E-state index contributed by atoms with van der Waals surface area (Å²) in [5, 5.41) is 3.55. The first kappa shape index (κ1) is 24.6. The second-order valence-corrected chi connectivity index (χ2v) is 9.69. The van der Waals surface area contributed by atoms with Gasteiger partial charge in [0.1, 0.15) is 23.3 Å². The summed E-state index contributed by atoms with van der Waals surface area (Å²) in [6.45, 7) is 6.10. The molecule has 1 aromatic heterocycles. The molecule has 0 unspecified atom stereocenters. The molecule has 4 aromatic rings. The maximum Gasteiger partial charge on any atom is 0.262 e. The summed E-state index contributed by atoms with van der Waals surface area (Å²) >= 11 is 12.0. The Hall–Kier alpha value is -3.48. The molecule has 0 bridgehead atoms. The Kier molecular flexibility index (Phi) is 7.05. The maximum atomic E-state index is 12.9. The Bertz CT molecular complexity index is 1440. The van der Waals surface area contributed by atoms with Gasteiger partial charge in [0, 0.05) is 6.07 Å². The quantitative estimate of drug-likeness (QED) is 0.296. The average molecular weight is 512 g/mol. The van der Waals surface area contributed by atoms with E-state index in [2.05, 4.69) is 26.1 Å². The van der Waals surface area contributed by atoms with Gasteiger partial charge in [-0.15, -0.1) is 0 Å². The molecule has 180 valence electrons. The molecule has 0 aliphatic heterocycles. The average Bonchev–Trinajstić information content (AvgIpc) is 2.82. The summed E-state index contributed by atoms with van der Waals surface area (Å²) in [7, 11) is 0. The first-order valence-corrected chi connectivity index (χ1v) is 11.6. The van der Waals surface area contributed by atoms with E-state index < -0.39 is 5.91 Å². The van der Waals surface area contributed by atoms with Gasteiger partial charge in [-0.05, 0) is 47.4 Å². The molecule has 4 rings (SSSR count). The second kappa shape index (κ2) is 10.0. The summed E-state index contributed by atoms with van der Waals surface area (Å²) in [5.74, 6) is 0.555. The van der Waals surface area contributed by atoms with Crippen LogP contribution in [0.5, 0.6) is 17.2 Å². The highest BCUT2D eigenvalue weighted by Crippen LogP contribution is 2.30. The number of rotatable bonds is 6. The lowest BCUT2D eigenvalue weighted by atomic mass is 9.87. The third kappa shape index (κ3) is 5.78. The van der Waals surface area contributed by atoms with Gasteiger partial charge >= 0.3 is 0 Å². The minimum Gasteiger partial charge on any atom is -0.484 e. The Labute approximate surface area is 212 Å². The number of anilines is 1. The molecular formula is C27H23Cl2NO5. The maximum absolute atomic E-state index is 12.9. The number of carbonyl (C=O) groups is 1. The second-order valence-electron chi connectivity index (χ2n) is 8.90. The largest absolute Gasteiger partial charge is 0.484 e. The summed E-state index contributed by atoms with van der Waals surface area (Å²) in [6.07, 6.45) is 1.26. The highest BCUT2D eigenvalue weighted by Gasteiger charge is 2.15. The number of benzene rings is 3. The lowest BCUT2D eigenvalue weighted by Crippen LogP contribution is -2.20. The number of fused-ring (bicyclic) bond motifs is 1. The highest BCUT2D eigenvalue weighted by molar-refractivity contribution is 6.44. The van der Waals surface area contributed by atoms with Gasteiger partial charge in [-0.1, -0.05) is 62.2 Å². The van der Waals surface area contributed by atoms with Crippen molar-refractivity contribution in [3.05, 3.63) is 92.8 Å². The van der Waals surface area contributed by atoms with Gasteiger partial charge < -0.3 is 19.2 Å². The number of halogens is 2. The Morgan fingerprint density at radius 3 is 2.43 bits per heavy atom. The third-order valence-corrected chi connectivity index (χ3v) is 6.08. The summed E-state index contributed by atoms with van der Waals surface area (Å²) < 4.78 is 16.9. The fourth-order valence-corrected chi connectivity index (χ4v) is 3.68. The van der Waals surface area contributed by atoms with Gasteiger partial charge in [0.05, 0.1) is 21.1 Å². The fraction of sp³-hybridized carbons (Fsp3) is 0.185. The molecule has 8 heteroatoms. The standard InChI is InChI=1S/C27H23Cl2NO5/c1-27(2,3)16-7-9-17(10-8-16)35-23-14-34-22-13-18(11-12-19(22)26(23)32)33-15-24(31)30-21-6-4-5-20(28)25(21)29/h4-14H,15H2,1-3H3,(H,30,31). The zero-order valence-electron chi connectivity index (χ0n) is 19.4. The molecule has 0 fully saturated rings. The zero-order valence-corrected chi connectivity index (χ0v) is 20.9. The lowest BCUT2D eigenvalue weighted by Gasteiger charge is -2.19. The number of carbonyl (C=O) groups excluding carboxylic acids is 1. The summed E-state index contributed by atoms with van der Waals surface area (Å²) in [6, 6.07) is 17.2. The third-order valence-electron chi connectivity index (χ3n) is 5.26. The molecule has 0 atom stereocenters. The zero-order chi connectivity index (χ0) is 25.2. The van der Waals surface area contributed by atoms with Crippen molar-refractivity contribution in [1.29, 1.82) is 0 Å². The predicted octanol–water partition coefficient (Wildman–Crippen LogP) is 7.21. The number of amides is 1. The molecule has 6 nitrogen and oxygen atoms in total. The smallest absolute Gasteiger partial charge is 0.262 e. The van der Waals surface area contributed by atoms with E-state index in [1.807, 2.05) is 24.3 Å². The minimum atomic E-state index is -0.419. The van der Waals surface area contributed by atoms with Crippen LogP contribution >= 0.6 is 23.2 Å². The molecular weight excluding hydrogens is 489 g/mol. The number of nitrogens with one attached hydrogen (secondary N) is 1. The van der Waals surface area contributed by atoms with Crippen LogP contribution in [0, 0.1) is 0 Å². The molecule has 0 aliphatic carbocycles. The van der Waals surface area contributed by atoms with Gasteiger partial charge in [-0.25, -0.2) is 0 Å². The summed E-state index contributed by atoms with van der Waals surface area (Å²) in [5.41, 5.74) is 1.56. The molecule has 0 spiro atoms. The van der Waals surface area contributed by atoms with Crippen LogP contribution in [-0.2, 0) is 10.2 Å². The fourth-order valence-electron chi connectivity index (χ4n) is 3.34. The van der Waals surface area contributed by atoms with Gasteiger partial charge in [0.15, 0.2) is 6.61 Å². The van der Waals surface area contributed by atoms with E-state index in [4.69, 9.17) is 37.1 Å². The Morgan fingerprint density at radius 1 is 1.00 bits per heavy atom. The first-order valence-electron chi connectivity index (χ1n) is 10.8. The molecule has 1 N–H and O–H groups in total. The number of hydrogen-bond donors (Lipinski definition) is 1. The summed E-state index contributed by atoms with van der Waals surface area (Å²) in [4.78, 5) is 25.1. The van der Waals surface area contributed by atoms with Gasteiger partial charge in [0.25, 0.3) is 5.91 Å². The van der Waals surface area contributed by atoms with Crippen molar-refractivity contribution in [1.82, 2.24) is 0 Å². The minimum absolute atomic E-state index is 0.0171. The van der Waals surface area contributed by atoms with Crippen molar-refractivity contribution in [3.8, 4) is 17.2 Å². The first-order chi connectivity index (χ1) is 16.6. The SMILES string of the molecule is CC(C)(C)c1ccc(Oc2coc3cc(OCC(=O)Nc4cccc(Cl)c4Cl)ccc3c2=O)cc1. The normalized spacial score (nSPS) is 11.3. The van der Waals surface area contributed by atoms with Crippen molar-refractivity contribution >= 4 is 45.8 Å². The van der Waals surface area contributed by atoms with E-state index in [-0.39, 0.29) is 28.2 Å². The van der Waals surface area contributed by atoms with Gasteiger partial charge in [0.2, 0.25) is 11.2 Å². The van der Waals surface area contributed by atoms with Gasteiger partial charge in [-0.3, -0.25) is 9.59 Å². The van der Waals surface area contributed by atoms with Crippen LogP contribution < -0.4 is 20.2 Å². The molecule has 1 amide bonds. The van der Waals surface area contributed by atoms with Crippen molar-refractivity contribution in [2.24, 2.45) is 0 Å². The number of ether oxygens (including phenoxy) is 2. The topological polar surface area (TPSA) is 77.8 Å². The van der Waals surface area contributed by atoms with E-state index in [0.717, 1.165) is 5.56 Å². The van der Waals surface area contributed by atoms with Crippen molar-refractivity contribution < 1.29 is 18.7 Å². The molecule has 0 saturated carbocycles. The van der Waals surface area contributed by atoms with Crippen LogP contribution in [0.25, 0.3) is 11.0 Å². The number of hydrogen-bond acceptors (Lipinski definition) is 5. The lowest BCUT2D eigenvalue weighted by molar-refractivity contribution is -0.118. The Balaban J connectivity index is 1.44. The van der Waals surface area contributed by atoms with E-state index >= 15 is 0 Å². The van der Waals surface area contributed by atoms with Crippen LogP contribution in [0.1, 0.15) is 26.3 Å². The van der Waals surface area contributed by atoms with Gasteiger partial charge in [-0.2, -0.15) is 0 Å². The van der Waals surface area contributed by atoms with E-state index in [1.165, 1.54) is 12.3 Å². The van der Waals surface area contributed by atoms with E-state index in [9.17, 15) is 9.59 Å². The van der Waals surface area contributed by atoms with Crippen LogP contribution in [0.4, 0.5) is 5.69 Å². The van der Waals surface area contributed by atoms with E-state index in [1.54, 1.807) is 30.3 Å². The van der Waals surface area contributed by atoms with Crippen molar-refractivity contribution in [2.75, 3.05) is 11.9 Å². The van der Waals surface area contributed by atoms with Crippen molar-refractivity contribution in [2.45, 2.75) is 26.2 Å². The van der Waals surface area contributed by atoms with Crippen LogP contribution in [0.15, 0.2) is 76.1 Å². The molecule has 0 aliphatic rings. The van der Waals surface area contributed by atoms with E-state index in [0.29, 0.717) is 33.2 Å². The Morgan fingerprint density at radius 2 is 1.71 bits per heavy atom. The predicted molar refractivity (Wildman–Crippen MR) is 138 cm³/mol. The molecule has 35 heavy (non-hydrogen) atoms. The molecule has 3 aromatic carbocycles. The highest BCUT2D eigenvalue weighted by atomic mass is 35.5.